The van der Waals surface area contributed by atoms with Gasteiger partial charge in [-0.2, -0.15) is 5.10 Å². The van der Waals surface area contributed by atoms with Crippen LogP contribution in [0.15, 0.2) is 36.9 Å². The van der Waals surface area contributed by atoms with Crippen LogP contribution in [0.5, 0.6) is 0 Å². The maximum absolute atomic E-state index is 12.3. The fourth-order valence-electron chi connectivity index (χ4n) is 2.76. The van der Waals surface area contributed by atoms with Crippen molar-refractivity contribution in [3.05, 3.63) is 48.0 Å². The van der Waals surface area contributed by atoms with E-state index in [2.05, 4.69) is 27.5 Å². The van der Waals surface area contributed by atoms with Crippen LogP contribution in [0.3, 0.4) is 0 Å². The number of benzene rings is 1. The van der Waals surface area contributed by atoms with Crippen LogP contribution >= 0.6 is 0 Å². The summed E-state index contributed by atoms with van der Waals surface area (Å²) in [4.78, 5) is 16.2. The van der Waals surface area contributed by atoms with E-state index >= 15 is 0 Å². The monoisotopic (exact) mass is 270 g/mol. The van der Waals surface area contributed by atoms with Crippen molar-refractivity contribution in [2.24, 2.45) is 5.92 Å². The van der Waals surface area contributed by atoms with Crippen molar-refractivity contribution >= 4 is 5.91 Å². The summed E-state index contributed by atoms with van der Waals surface area (Å²) in [6, 6.07) is 8.34. The topological polar surface area (TPSA) is 59.8 Å². The minimum atomic E-state index is 0.0490. The van der Waals surface area contributed by atoms with E-state index in [1.807, 2.05) is 19.1 Å². The minimum absolute atomic E-state index is 0.0490. The van der Waals surface area contributed by atoms with Crippen LogP contribution < -0.4 is 5.32 Å². The zero-order valence-corrected chi connectivity index (χ0v) is 11.5. The molecule has 0 fully saturated rings. The molecule has 2 aromatic rings. The molecule has 5 heteroatoms. The summed E-state index contributed by atoms with van der Waals surface area (Å²) in [7, 11) is 0. The van der Waals surface area contributed by atoms with Gasteiger partial charge in [-0.3, -0.25) is 9.48 Å². The van der Waals surface area contributed by atoms with Gasteiger partial charge < -0.3 is 5.32 Å². The highest BCUT2D eigenvalue weighted by Gasteiger charge is 2.27. The van der Waals surface area contributed by atoms with Crippen LogP contribution in [-0.2, 0) is 24.2 Å². The van der Waals surface area contributed by atoms with E-state index in [1.165, 1.54) is 17.5 Å². The lowest BCUT2D eigenvalue weighted by Crippen LogP contribution is -2.39. The second-order valence-electron chi connectivity index (χ2n) is 5.40. The Hall–Kier alpha value is -2.17. The molecule has 3 rings (SSSR count). The fraction of sp³-hybridized carbons (Fsp3) is 0.400. The zero-order chi connectivity index (χ0) is 13.9. The normalized spacial score (nSPS) is 15.8. The van der Waals surface area contributed by atoms with Crippen molar-refractivity contribution in [2.45, 2.75) is 32.4 Å². The summed E-state index contributed by atoms with van der Waals surface area (Å²) in [5.74, 6) is 0.194. The summed E-state index contributed by atoms with van der Waals surface area (Å²) in [6.45, 7) is 2.63. The van der Waals surface area contributed by atoms with Crippen molar-refractivity contribution in [2.75, 3.05) is 0 Å². The molecular weight excluding hydrogens is 252 g/mol. The molecule has 5 nitrogen and oxygen atoms in total. The molecule has 1 aliphatic carbocycles. The Morgan fingerprint density at radius 2 is 2.10 bits per heavy atom. The molecule has 0 unspecified atom stereocenters. The van der Waals surface area contributed by atoms with E-state index in [1.54, 1.807) is 11.0 Å². The Kier molecular flexibility index (Phi) is 3.50. The standard InChI is InChI=1S/C15H18N4O/c1-11(8-19-10-16-9-17-19)18-15(20)14-6-12-4-2-3-5-13(12)7-14/h2-5,9-11,14H,6-8H2,1H3,(H,18,20)/t11-/m1/s1. The number of carbonyl (C=O) groups excluding carboxylic acids is 1. The number of amides is 1. The van der Waals surface area contributed by atoms with Gasteiger partial charge in [0.25, 0.3) is 0 Å². The van der Waals surface area contributed by atoms with E-state index in [0.717, 1.165) is 12.8 Å². The highest BCUT2D eigenvalue weighted by Crippen LogP contribution is 2.26. The molecule has 1 amide bonds. The molecular formula is C15H18N4O. The third kappa shape index (κ3) is 2.71. The van der Waals surface area contributed by atoms with Gasteiger partial charge in [0.2, 0.25) is 5.91 Å². The molecule has 0 aliphatic heterocycles. The average molecular weight is 270 g/mol. The zero-order valence-electron chi connectivity index (χ0n) is 11.5. The van der Waals surface area contributed by atoms with Crippen LogP contribution in [0, 0.1) is 5.92 Å². The number of hydrogen-bond donors (Lipinski definition) is 1. The quantitative estimate of drug-likeness (QED) is 0.908. The van der Waals surface area contributed by atoms with Crippen molar-refractivity contribution in [3.63, 3.8) is 0 Å². The van der Waals surface area contributed by atoms with Gasteiger partial charge >= 0.3 is 0 Å². The number of fused-ring (bicyclic) bond motifs is 1. The first-order valence-corrected chi connectivity index (χ1v) is 6.92. The Morgan fingerprint density at radius 1 is 1.40 bits per heavy atom. The number of nitrogens with zero attached hydrogens (tertiary/aromatic N) is 3. The molecule has 20 heavy (non-hydrogen) atoms. The Labute approximate surface area is 118 Å². The largest absolute Gasteiger partial charge is 0.352 e. The van der Waals surface area contributed by atoms with Crippen LogP contribution in [0.1, 0.15) is 18.1 Å². The van der Waals surface area contributed by atoms with Gasteiger partial charge in [-0.1, -0.05) is 24.3 Å². The maximum atomic E-state index is 12.3. The number of nitrogens with one attached hydrogen (secondary N) is 1. The third-order valence-electron chi connectivity index (χ3n) is 3.74. The van der Waals surface area contributed by atoms with Gasteiger partial charge in [-0.15, -0.1) is 0 Å². The first-order chi connectivity index (χ1) is 9.72. The van der Waals surface area contributed by atoms with E-state index in [-0.39, 0.29) is 17.9 Å². The number of carbonyl (C=O) groups is 1. The molecule has 1 atom stereocenters. The highest BCUT2D eigenvalue weighted by atomic mass is 16.1. The molecule has 104 valence electrons. The van der Waals surface area contributed by atoms with Crippen molar-refractivity contribution in [3.8, 4) is 0 Å². The lowest BCUT2D eigenvalue weighted by Gasteiger charge is -2.16. The SMILES string of the molecule is C[C@H](Cn1cncn1)NC(=O)C1Cc2ccccc2C1. The van der Waals surface area contributed by atoms with Gasteiger partial charge in [0, 0.05) is 12.0 Å². The molecule has 0 saturated carbocycles. The highest BCUT2D eigenvalue weighted by molar-refractivity contribution is 5.80. The second kappa shape index (κ2) is 5.45. The van der Waals surface area contributed by atoms with Gasteiger partial charge in [0.1, 0.15) is 12.7 Å². The van der Waals surface area contributed by atoms with Gasteiger partial charge in [0.15, 0.2) is 0 Å². The van der Waals surface area contributed by atoms with Crippen molar-refractivity contribution < 1.29 is 4.79 Å². The average Bonchev–Trinajstić information content (AvgIpc) is 3.06. The summed E-state index contributed by atoms with van der Waals surface area (Å²) >= 11 is 0. The number of rotatable bonds is 4. The summed E-state index contributed by atoms with van der Waals surface area (Å²) in [5.41, 5.74) is 2.60. The Balaban J connectivity index is 1.56. The summed E-state index contributed by atoms with van der Waals surface area (Å²) in [5, 5.41) is 7.12. The first-order valence-electron chi connectivity index (χ1n) is 6.92. The lowest BCUT2D eigenvalue weighted by atomic mass is 10.1. The predicted octanol–water partition coefficient (Wildman–Crippen LogP) is 1.20. The maximum Gasteiger partial charge on any atom is 0.224 e. The molecule has 0 radical (unpaired) electrons. The molecule has 1 aromatic carbocycles. The van der Waals surface area contributed by atoms with E-state index in [0.29, 0.717) is 6.54 Å². The fourth-order valence-corrected chi connectivity index (χ4v) is 2.76. The van der Waals surface area contributed by atoms with Gasteiger partial charge in [-0.25, -0.2) is 4.98 Å². The molecule has 0 spiro atoms. The van der Waals surface area contributed by atoms with Crippen molar-refractivity contribution in [1.29, 1.82) is 0 Å². The smallest absolute Gasteiger partial charge is 0.224 e. The van der Waals surface area contributed by atoms with Gasteiger partial charge in [0.05, 0.1) is 6.54 Å². The van der Waals surface area contributed by atoms with Crippen LogP contribution in [0.2, 0.25) is 0 Å². The van der Waals surface area contributed by atoms with Crippen LogP contribution in [0.25, 0.3) is 0 Å². The van der Waals surface area contributed by atoms with E-state index in [9.17, 15) is 4.79 Å². The molecule has 1 aliphatic rings. The first kappa shape index (κ1) is 12.8. The summed E-state index contributed by atoms with van der Waals surface area (Å²) in [6.07, 6.45) is 4.85. The lowest BCUT2D eigenvalue weighted by molar-refractivity contribution is -0.125. The second-order valence-corrected chi connectivity index (χ2v) is 5.40. The predicted molar refractivity (Wildman–Crippen MR) is 75.0 cm³/mol. The molecule has 1 aromatic heterocycles. The van der Waals surface area contributed by atoms with Crippen molar-refractivity contribution in [1.82, 2.24) is 20.1 Å². The minimum Gasteiger partial charge on any atom is -0.352 e. The summed E-state index contributed by atoms with van der Waals surface area (Å²) < 4.78 is 1.73. The third-order valence-corrected chi connectivity index (χ3v) is 3.74. The Bertz CT molecular complexity index is 569. The Morgan fingerprint density at radius 3 is 2.70 bits per heavy atom. The molecule has 0 bridgehead atoms. The molecule has 1 N–H and O–H groups in total. The van der Waals surface area contributed by atoms with Crippen LogP contribution in [0.4, 0.5) is 0 Å². The molecule has 1 heterocycles. The van der Waals surface area contributed by atoms with E-state index < -0.39 is 0 Å². The van der Waals surface area contributed by atoms with Crippen LogP contribution in [-0.4, -0.2) is 26.7 Å². The molecule has 0 saturated heterocycles. The van der Waals surface area contributed by atoms with E-state index in [4.69, 9.17) is 0 Å². The number of hydrogen-bond acceptors (Lipinski definition) is 3. The number of aromatic nitrogens is 3. The van der Waals surface area contributed by atoms with Gasteiger partial charge in [-0.05, 0) is 30.9 Å².